The van der Waals surface area contributed by atoms with E-state index >= 15 is 0 Å². The van der Waals surface area contributed by atoms with Crippen molar-refractivity contribution in [3.63, 3.8) is 0 Å². The zero-order valence-electron chi connectivity index (χ0n) is 12.2. The number of hydrogen-bond donors (Lipinski definition) is 1. The fraction of sp³-hybridized carbons (Fsp3) is 0.235. The van der Waals surface area contributed by atoms with E-state index in [1.807, 2.05) is 0 Å². The minimum absolute atomic E-state index is 0.179. The van der Waals surface area contributed by atoms with Gasteiger partial charge >= 0.3 is 12.3 Å². The molecule has 2 aromatic carbocycles. The normalized spacial score (nSPS) is 15.8. The molecule has 126 valence electrons. The van der Waals surface area contributed by atoms with Crippen molar-refractivity contribution in [1.82, 2.24) is 0 Å². The van der Waals surface area contributed by atoms with Gasteiger partial charge in [0.2, 0.25) is 0 Å². The summed E-state index contributed by atoms with van der Waals surface area (Å²) < 4.78 is 54.5. The van der Waals surface area contributed by atoms with Crippen LogP contribution in [0.3, 0.4) is 0 Å². The van der Waals surface area contributed by atoms with Gasteiger partial charge in [0.05, 0.1) is 5.41 Å². The smallest absolute Gasteiger partial charge is 0.481 e. The van der Waals surface area contributed by atoms with Crippen LogP contribution in [-0.4, -0.2) is 17.4 Å². The average Bonchev–Trinajstić information content (AvgIpc) is 3.28. The number of carboxylic acids is 1. The van der Waals surface area contributed by atoms with E-state index in [-0.39, 0.29) is 5.56 Å². The molecule has 0 unspecified atom stereocenters. The Morgan fingerprint density at radius 3 is 2.17 bits per heavy atom. The molecule has 0 amide bonds. The highest BCUT2D eigenvalue weighted by atomic mass is 19.4. The average molecular weight is 340 g/mol. The first-order valence-corrected chi connectivity index (χ1v) is 7.11. The Labute approximate surface area is 134 Å². The topological polar surface area (TPSA) is 46.5 Å². The number of halogens is 4. The van der Waals surface area contributed by atoms with Crippen molar-refractivity contribution < 1.29 is 32.2 Å². The van der Waals surface area contributed by atoms with E-state index in [1.165, 1.54) is 24.3 Å². The van der Waals surface area contributed by atoms with Gasteiger partial charge in [0.25, 0.3) is 0 Å². The number of benzene rings is 2. The van der Waals surface area contributed by atoms with Crippen LogP contribution < -0.4 is 4.74 Å². The molecule has 0 bridgehead atoms. The molecule has 1 aliphatic carbocycles. The van der Waals surface area contributed by atoms with E-state index < -0.39 is 29.3 Å². The van der Waals surface area contributed by atoms with Gasteiger partial charge in [0, 0.05) is 5.56 Å². The van der Waals surface area contributed by atoms with Gasteiger partial charge in [-0.3, -0.25) is 4.79 Å². The number of hydrogen-bond acceptors (Lipinski definition) is 2. The number of ether oxygens (including phenoxy) is 1. The summed E-state index contributed by atoms with van der Waals surface area (Å²) in [6.07, 6.45) is -3.86. The van der Waals surface area contributed by atoms with Crippen LogP contribution in [0.2, 0.25) is 0 Å². The minimum Gasteiger partial charge on any atom is -0.481 e. The van der Waals surface area contributed by atoms with Crippen molar-refractivity contribution in [2.24, 2.45) is 0 Å². The van der Waals surface area contributed by atoms with Gasteiger partial charge in [-0.1, -0.05) is 24.3 Å². The Kier molecular flexibility index (Phi) is 3.74. The second kappa shape index (κ2) is 5.51. The van der Waals surface area contributed by atoms with Gasteiger partial charge < -0.3 is 9.84 Å². The lowest BCUT2D eigenvalue weighted by Crippen LogP contribution is -2.19. The monoisotopic (exact) mass is 340 g/mol. The Hall–Kier alpha value is -2.57. The SMILES string of the molecule is O=C(O)C1(c2ccc(-c3ccc(OC(F)(F)F)cc3)c(F)c2)CC1. The van der Waals surface area contributed by atoms with E-state index in [2.05, 4.69) is 4.74 Å². The summed E-state index contributed by atoms with van der Waals surface area (Å²) in [4.78, 5) is 11.3. The summed E-state index contributed by atoms with van der Waals surface area (Å²) in [7, 11) is 0. The molecule has 1 aliphatic rings. The second-order valence-electron chi connectivity index (χ2n) is 5.65. The van der Waals surface area contributed by atoms with Gasteiger partial charge in [-0.25, -0.2) is 4.39 Å². The number of carboxylic acid groups (broad SMARTS) is 1. The number of rotatable bonds is 4. The van der Waals surface area contributed by atoms with Crippen molar-refractivity contribution in [2.45, 2.75) is 24.6 Å². The summed E-state index contributed by atoms with van der Waals surface area (Å²) in [5.41, 5.74) is -0.0652. The van der Waals surface area contributed by atoms with Crippen LogP contribution >= 0.6 is 0 Å². The molecule has 1 saturated carbocycles. The Balaban J connectivity index is 1.87. The fourth-order valence-corrected chi connectivity index (χ4v) is 2.63. The maximum atomic E-state index is 14.3. The predicted molar refractivity (Wildman–Crippen MR) is 77.1 cm³/mol. The number of aliphatic carboxylic acids is 1. The molecule has 0 spiro atoms. The zero-order chi connectivity index (χ0) is 17.5. The molecule has 0 radical (unpaired) electrons. The van der Waals surface area contributed by atoms with Crippen molar-refractivity contribution in [3.05, 3.63) is 53.8 Å². The first-order chi connectivity index (χ1) is 11.2. The molecule has 3 rings (SSSR count). The predicted octanol–water partition coefficient (Wildman–Crippen LogP) is 4.51. The highest BCUT2D eigenvalue weighted by Crippen LogP contribution is 2.49. The maximum absolute atomic E-state index is 14.3. The number of carbonyl (C=O) groups is 1. The summed E-state index contributed by atoms with van der Waals surface area (Å²) in [5.74, 6) is -2.00. The van der Waals surface area contributed by atoms with Gasteiger partial charge in [0.15, 0.2) is 0 Å². The molecule has 0 saturated heterocycles. The minimum atomic E-state index is -4.79. The van der Waals surface area contributed by atoms with Crippen molar-refractivity contribution in [1.29, 1.82) is 0 Å². The molecule has 0 atom stereocenters. The van der Waals surface area contributed by atoms with Crippen LogP contribution in [0.5, 0.6) is 5.75 Å². The van der Waals surface area contributed by atoms with Crippen LogP contribution in [0.4, 0.5) is 17.6 Å². The van der Waals surface area contributed by atoms with Gasteiger partial charge in [-0.15, -0.1) is 13.2 Å². The van der Waals surface area contributed by atoms with Crippen LogP contribution in [-0.2, 0) is 10.2 Å². The summed E-state index contributed by atoms with van der Waals surface area (Å²) in [6.45, 7) is 0. The highest BCUT2D eigenvalue weighted by molar-refractivity contribution is 5.85. The molecule has 0 aliphatic heterocycles. The molecule has 3 nitrogen and oxygen atoms in total. The lowest BCUT2D eigenvalue weighted by molar-refractivity contribution is -0.274. The number of alkyl halides is 3. The van der Waals surface area contributed by atoms with Crippen LogP contribution in [0.15, 0.2) is 42.5 Å². The second-order valence-corrected chi connectivity index (χ2v) is 5.65. The van der Waals surface area contributed by atoms with Crippen LogP contribution in [0, 0.1) is 5.82 Å². The van der Waals surface area contributed by atoms with E-state index in [4.69, 9.17) is 0 Å². The molecule has 1 N–H and O–H groups in total. The van der Waals surface area contributed by atoms with E-state index in [0.29, 0.717) is 24.0 Å². The first kappa shape index (κ1) is 16.3. The Bertz CT molecular complexity index is 777. The Morgan fingerprint density at radius 1 is 1.08 bits per heavy atom. The summed E-state index contributed by atoms with van der Waals surface area (Å²) in [6, 6.07) is 8.96. The Morgan fingerprint density at radius 2 is 1.71 bits per heavy atom. The third kappa shape index (κ3) is 3.06. The largest absolute Gasteiger partial charge is 0.573 e. The molecule has 1 fully saturated rings. The van der Waals surface area contributed by atoms with E-state index in [1.54, 1.807) is 6.07 Å². The van der Waals surface area contributed by atoms with Crippen molar-refractivity contribution in [3.8, 4) is 16.9 Å². The standard InChI is InChI=1S/C17H12F4O3/c18-14-9-11(16(7-8-16)15(22)23)3-6-13(14)10-1-4-12(5-2-10)24-17(19,20)21/h1-6,9H,7-8H2,(H,22,23). The molecule has 0 aromatic heterocycles. The zero-order valence-corrected chi connectivity index (χ0v) is 12.2. The first-order valence-electron chi connectivity index (χ1n) is 7.11. The third-order valence-corrected chi connectivity index (χ3v) is 4.08. The molecule has 0 heterocycles. The molecular weight excluding hydrogens is 328 g/mol. The molecular formula is C17H12F4O3. The van der Waals surface area contributed by atoms with Crippen molar-refractivity contribution in [2.75, 3.05) is 0 Å². The van der Waals surface area contributed by atoms with Crippen LogP contribution in [0.1, 0.15) is 18.4 Å². The fourth-order valence-electron chi connectivity index (χ4n) is 2.63. The molecule has 2 aromatic rings. The van der Waals surface area contributed by atoms with Gasteiger partial charge in [-0.05, 0) is 42.2 Å². The highest BCUT2D eigenvalue weighted by Gasteiger charge is 2.51. The summed E-state index contributed by atoms with van der Waals surface area (Å²) >= 11 is 0. The molecule has 7 heteroatoms. The lowest BCUT2D eigenvalue weighted by atomic mass is 9.93. The maximum Gasteiger partial charge on any atom is 0.573 e. The van der Waals surface area contributed by atoms with Crippen molar-refractivity contribution >= 4 is 5.97 Å². The van der Waals surface area contributed by atoms with Gasteiger partial charge in [0.1, 0.15) is 11.6 Å². The van der Waals surface area contributed by atoms with Gasteiger partial charge in [-0.2, -0.15) is 0 Å². The third-order valence-electron chi connectivity index (χ3n) is 4.08. The van der Waals surface area contributed by atoms with E-state index in [9.17, 15) is 27.5 Å². The lowest BCUT2D eigenvalue weighted by Gasteiger charge is -2.13. The van der Waals surface area contributed by atoms with E-state index in [0.717, 1.165) is 12.1 Å². The molecule has 24 heavy (non-hydrogen) atoms. The summed E-state index contributed by atoms with van der Waals surface area (Å²) in [5, 5.41) is 9.23. The van der Waals surface area contributed by atoms with Crippen LogP contribution in [0.25, 0.3) is 11.1 Å². The quantitative estimate of drug-likeness (QED) is 0.833.